The van der Waals surface area contributed by atoms with E-state index in [0.29, 0.717) is 41.0 Å². The Morgan fingerprint density at radius 3 is 2.40 bits per heavy atom. The van der Waals surface area contributed by atoms with Gasteiger partial charge < -0.3 is 20.3 Å². The highest BCUT2D eigenvalue weighted by Crippen LogP contribution is 2.89. The van der Waals surface area contributed by atoms with Crippen molar-refractivity contribution in [2.45, 2.75) is 124 Å². The van der Waals surface area contributed by atoms with Gasteiger partial charge in [0, 0.05) is 18.9 Å². The molecule has 5 heteroatoms. The Labute approximate surface area is 212 Å². The molecule has 1 saturated heterocycles. The van der Waals surface area contributed by atoms with E-state index in [1.807, 2.05) is 0 Å². The number of ether oxygens (including phenoxy) is 1. The Balaban J connectivity index is 1.30. The van der Waals surface area contributed by atoms with Crippen LogP contribution in [0.25, 0.3) is 0 Å². The molecule has 0 bridgehead atoms. The Morgan fingerprint density at radius 1 is 1.00 bits per heavy atom. The van der Waals surface area contributed by atoms with Gasteiger partial charge in [-0.2, -0.15) is 0 Å². The number of aliphatic hydroxyl groups is 2. The average molecular weight is 488 g/mol. The van der Waals surface area contributed by atoms with Crippen LogP contribution >= 0.6 is 0 Å². The summed E-state index contributed by atoms with van der Waals surface area (Å²) in [6.45, 7) is 14.2. The molecule has 0 aromatic heterocycles. The first kappa shape index (κ1) is 24.7. The van der Waals surface area contributed by atoms with Crippen molar-refractivity contribution in [3.05, 3.63) is 0 Å². The van der Waals surface area contributed by atoms with Crippen LogP contribution in [-0.4, -0.2) is 47.1 Å². The first-order valence-corrected chi connectivity index (χ1v) is 14.6. The van der Waals surface area contributed by atoms with Crippen LogP contribution in [0.1, 0.15) is 99.3 Å². The second-order valence-electron chi connectivity index (χ2n) is 14.9. The van der Waals surface area contributed by atoms with E-state index in [4.69, 9.17) is 4.74 Å². The predicted molar refractivity (Wildman–Crippen MR) is 135 cm³/mol. The maximum atomic E-state index is 12.2. The van der Waals surface area contributed by atoms with Crippen molar-refractivity contribution in [1.82, 2.24) is 5.32 Å². The summed E-state index contributed by atoms with van der Waals surface area (Å²) in [5.74, 6) is 2.08. The van der Waals surface area contributed by atoms with E-state index >= 15 is 0 Å². The number of carbonyl (C=O) groups is 1. The van der Waals surface area contributed by atoms with Gasteiger partial charge in [-0.15, -0.1) is 0 Å². The summed E-state index contributed by atoms with van der Waals surface area (Å²) in [7, 11) is 0. The summed E-state index contributed by atoms with van der Waals surface area (Å²) in [6, 6.07) is 0. The minimum atomic E-state index is -0.429. The number of carbonyl (C=O) groups excluding carboxylic acids is 1. The van der Waals surface area contributed by atoms with E-state index in [2.05, 4.69) is 39.9 Å². The molecule has 35 heavy (non-hydrogen) atoms. The van der Waals surface area contributed by atoms with Gasteiger partial charge in [-0.3, -0.25) is 4.79 Å². The maximum absolute atomic E-state index is 12.2. The van der Waals surface area contributed by atoms with Crippen molar-refractivity contribution in [2.75, 3.05) is 6.54 Å². The van der Waals surface area contributed by atoms with E-state index in [9.17, 15) is 15.0 Å². The van der Waals surface area contributed by atoms with E-state index in [-0.39, 0.29) is 40.5 Å². The van der Waals surface area contributed by atoms with Crippen LogP contribution in [0.3, 0.4) is 0 Å². The molecule has 198 valence electrons. The van der Waals surface area contributed by atoms with Gasteiger partial charge in [0.05, 0.1) is 24.4 Å². The SMILES string of the molecule is CC(=O)NCCC1C[C@@H](C)C2C(O1)[C@H](O)[C@@]1(C)C3CC[C@H]4C(C)(C)C(O)CCC45CC35CCC21C. The topological polar surface area (TPSA) is 78.8 Å². The van der Waals surface area contributed by atoms with Crippen LogP contribution in [0.15, 0.2) is 0 Å². The van der Waals surface area contributed by atoms with E-state index < -0.39 is 6.10 Å². The molecule has 5 nitrogen and oxygen atoms in total. The van der Waals surface area contributed by atoms with Gasteiger partial charge in [-0.25, -0.2) is 0 Å². The van der Waals surface area contributed by atoms with Gasteiger partial charge in [0.15, 0.2) is 0 Å². The molecule has 8 unspecified atom stereocenters. The highest BCUT2D eigenvalue weighted by Gasteiger charge is 2.84. The van der Waals surface area contributed by atoms with E-state index in [0.717, 1.165) is 19.3 Å². The van der Waals surface area contributed by atoms with Crippen LogP contribution in [0.5, 0.6) is 0 Å². The lowest BCUT2D eigenvalue weighted by Gasteiger charge is -2.63. The zero-order chi connectivity index (χ0) is 25.2. The Morgan fingerprint density at radius 2 is 1.69 bits per heavy atom. The molecular formula is C30H49NO4. The molecule has 3 N–H and O–H groups in total. The van der Waals surface area contributed by atoms with Crippen molar-refractivity contribution >= 4 is 5.91 Å². The highest BCUT2D eigenvalue weighted by atomic mass is 16.5. The lowest BCUT2D eigenvalue weighted by atomic mass is 9.41. The van der Waals surface area contributed by atoms with Crippen LogP contribution in [-0.2, 0) is 9.53 Å². The number of aliphatic hydroxyl groups excluding tert-OH is 2. The Bertz CT molecular complexity index is 905. The third kappa shape index (κ3) is 2.84. The largest absolute Gasteiger partial charge is 0.393 e. The summed E-state index contributed by atoms with van der Waals surface area (Å²) in [4.78, 5) is 11.4. The summed E-state index contributed by atoms with van der Waals surface area (Å²) in [5.41, 5.74) is 0.689. The number of amides is 1. The smallest absolute Gasteiger partial charge is 0.216 e. The molecule has 12 atom stereocenters. The predicted octanol–water partition coefficient (Wildman–Crippen LogP) is 4.69. The monoisotopic (exact) mass is 487 g/mol. The lowest BCUT2D eigenvalue weighted by Crippen LogP contribution is -2.59. The summed E-state index contributed by atoms with van der Waals surface area (Å²) in [6.07, 6.45) is 9.54. The fourth-order valence-corrected chi connectivity index (χ4v) is 12.0. The van der Waals surface area contributed by atoms with Gasteiger partial charge >= 0.3 is 0 Å². The molecular weight excluding hydrogens is 438 g/mol. The second kappa shape index (κ2) is 7.47. The van der Waals surface area contributed by atoms with Crippen LogP contribution in [0, 0.1) is 50.7 Å². The molecule has 1 amide bonds. The fourth-order valence-electron chi connectivity index (χ4n) is 12.0. The van der Waals surface area contributed by atoms with Crippen molar-refractivity contribution in [2.24, 2.45) is 50.7 Å². The standard InChI is InChI=1S/C30H49NO4/c1-17-15-19(10-14-31-18(2)32)35-24-23(17)27(5)12-13-30-16-29(30)11-9-22(33)26(3,4)20(29)7-8-21(30)28(27,6)25(24)34/h17,19-25,33-34H,7-16H2,1-6H3,(H,31,32)/t17-,19?,20+,21?,22?,23?,24?,25+,27?,28-,29?,30?/m1/s1. The first-order chi connectivity index (χ1) is 16.3. The molecule has 1 heterocycles. The Hall–Kier alpha value is -0.650. The second-order valence-corrected chi connectivity index (χ2v) is 14.9. The quantitative estimate of drug-likeness (QED) is 0.540. The molecule has 5 aliphatic carbocycles. The number of nitrogens with one attached hydrogen (secondary N) is 1. The summed E-state index contributed by atoms with van der Waals surface area (Å²) >= 11 is 0. The molecule has 1 aliphatic heterocycles. The van der Waals surface area contributed by atoms with Crippen LogP contribution < -0.4 is 5.32 Å². The normalized spacial score (nSPS) is 57.7. The third-order valence-electron chi connectivity index (χ3n) is 13.7. The van der Waals surface area contributed by atoms with Gasteiger partial charge in [-0.05, 0) is 103 Å². The minimum absolute atomic E-state index is 0.00455. The van der Waals surface area contributed by atoms with Crippen molar-refractivity contribution in [1.29, 1.82) is 0 Å². The fraction of sp³-hybridized carbons (Fsp3) is 0.967. The third-order valence-corrected chi connectivity index (χ3v) is 13.7. The zero-order valence-corrected chi connectivity index (χ0v) is 22.9. The molecule has 6 rings (SSSR count). The van der Waals surface area contributed by atoms with Gasteiger partial charge in [0.2, 0.25) is 5.91 Å². The summed E-state index contributed by atoms with van der Waals surface area (Å²) in [5, 5.41) is 26.0. The molecule has 6 fully saturated rings. The van der Waals surface area contributed by atoms with Crippen molar-refractivity contribution in [3.63, 3.8) is 0 Å². The van der Waals surface area contributed by atoms with Crippen molar-refractivity contribution in [3.8, 4) is 0 Å². The molecule has 6 aliphatic rings. The van der Waals surface area contributed by atoms with Crippen LogP contribution in [0.4, 0.5) is 0 Å². The summed E-state index contributed by atoms with van der Waals surface area (Å²) < 4.78 is 6.74. The molecule has 0 radical (unpaired) electrons. The minimum Gasteiger partial charge on any atom is -0.393 e. The van der Waals surface area contributed by atoms with Gasteiger partial charge in [-0.1, -0.05) is 34.6 Å². The van der Waals surface area contributed by atoms with E-state index in [1.54, 1.807) is 6.92 Å². The Kier molecular flexibility index (Phi) is 5.27. The number of rotatable bonds is 3. The van der Waals surface area contributed by atoms with Gasteiger partial charge in [0.25, 0.3) is 0 Å². The highest BCUT2D eigenvalue weighted by molar-refractivity contribution is 5.72. The van der Waals surface area contributed by atoms with E-state index in [1.165, 1.54) is 38.5 Å². The molecule has 0 aromatic carbocycles. The van der Waals surface area contributed by atoms with Crippen molar-refractivity contribution < 1.29 is 19.7 Å². The number of hydrogen-bond acceptors (Lipinski definition) is 4. The average Bonchev–Trinajstić information content (AvgIpc) is 3.41. The lowest BCUT2D eigenvalue weighted by molar-refractivity contribution is -0.182. The molecule has 0 aromatic rings. The molecule has 2 spiro atoms. The molecule has 5 saturated carbocycles. The van der Waals surface area contributed by atoms with Gasteiger partial charge in [0.1, 0.15) is 0 Å². The first-order valence-electron chi connectivity index (χ1n) is 14.6. The van der Waals surface area contributed by atoms with Crippen LogP contribution in [0.2, 0.25) is 0 Å². The number of hydrogen-bond donors (Lipinski definition) is 3. The zero-order valence-electron chi connectivity index (χ0n) is 22.9. The number of fused-ring (bicyclic) bond motifs is 4. The maximum Gasteiger partial charge on any atom is 0.216 e.